The third kappa shape index (κ3) is 2.85. The lowest BCUT2D eigenvalue weighted by Gasteiger charge is -2.12. The highest BCUT2D eigenvalue weighted by molar-refractivity contribution is 5.35. The molecular weight excluding hydrogens is 172 g/mol. The third-order valence-corrected chi connectivity index (χ3v) is 1.45. The first-order chi connectivity index (χ1) is 6.26. The van der Waals surface area contributed by atoms with E-state index >= 15 is 0 Å². The van der Waals surface area contributed by atoms with Crippen LogP contribution in [-0.2, 0) is 0 Å². The van der Waals surface area contributed by atoms with Crippen molar-refractivity contribution in [1.82, 2.24) is 9.97 Å². The van der Waals surface area contributed by atoms with Crippen molar-refractivity contribution < 1.29 is 10.2 Å². The second kappa shape index (κ2) is 4.58. The fourth-order valence-corrected chi connectivity index (χ4v) is 0.774. The standard InChI is InChI=1S/C7H12N4O2/c8-6-1-2-9-7(11-6)10-5(3-12)4-13/h1-2,5,12-13H,3-4H2,(H3,8,9,10,11). The molecule has 0 spiro atoms. The van der Waals surface area contributed by atoms with Gasteiger partial charge in [0, 0.05) is 6.20 Å². The number of anilines is 2. The van der Waals surface area contributed by atoms with Crippen molar-refractivity contribution in [2.45, 2.75) is 6.04 Å². The topological polar surface area (TPSA) is 104 Å². The average molecular weight is 184 g/mol. The van der Waals surface area contributed by atoms with Gasteiger partial charge in [-0.15, -0.1) is 0 Å². The lowest BCUT2D eigenvalue weighted by molar-refractivity contribution is 0.203. The van der Waals surface area contributed by atoms with Gasteiger partial charge in [0.1, 0.15) is 5.82 Å². The van der Waals surface area contributed by atoms with Gasteiger partial charge in [-0.3, -0.25) is 0 Å². The van der Waals surface area contributed by atoms with Gasteiger partial charge in [-0.1, -0.05) is 0 Å². The van der Waals surface area contributed by atoms with Gasteiger partial charge in [0.05, 0.1) is 19.3 Å². The van der Waals surface area contributed by atoms with E-state index in [1.54, 1.807) is 6.07 Å². The van der Waals surface area contributed by atoms with Crippen LogP contribution in [0.3, 0.4) is 0 Å². The fraction of sp³-hybridized carbons (Fsp3) is 0.429. The van der Waals surface area contributed by atoms with Crippen LogP contribution in [0.5, 0.6) is 0 Å². The number of nitrogens with one attached hydrogen (secondary N) is 1. The molecule has 0 aliphatic heterocycles. The van der Waals surface area contributed by atoms with Crippen molar-refractivity contribution >= 4 is 11.8 Å². The van der Waals surface area contributed by atoms with E-state index in [2.05, 4.69) is 15.3 Å². The summed E-state index contributed by atoms with van der Waals surface area (Å²) in [4.78, 5) is 7.69. The van der Waals surface area contributed by atoms with E-state index in [-0.39, 0.29) is 13.2 Å². The van der Waals surface area contributed by atoms with E-state index in [0.717, 1.165) is 0 Å². The summed E-state index contributed by atoms with van der Waals surface area (Å²) in [6.07, 6.45) is 1.50. The molecule has 0 amide bonds. The SMILES string of the molecule is Nc1ccnc(NC(CO)CO)n1. The number of aliphatic hydroxyl groups is 2. The number of nitrogens with two attached hydrogens (primary N) is 1. The fourth-order valence-electron chi connectivity index (χ4n) is 0.774. The molecule has 0 saturated carbocycles. The third-order valence-electron chi connectivity index (χ3n) is 1.45. The van der Waals surface area contributed by atoms with E-state index in [9.17, 15) is 0 Å². The Balaban J connectivity index is 2.62. The van der Waals surface area contributed by atoms with Gasteiger partial charge in [-0.25, -0.2) is 4.98 Å². The van der Waals surface area contributed by atoms with Crippen molar-refractivity contribution in [2.75, 3.05) is 24.3 Å². The van der Waals surface area contributed by atoms with Crippen LogP contribution in [0.1, 0.15) is 0 Å². The normalized spacial score (nSPS) is 10.4. The smallest absolute Gasteiger partial charge is 0.224 e. The first kappa shape index (κ1) is 9.69. The average Bonchev–Trinajstić information content (AvgIpc) is 2.14. The predicted molar refractivity (Wildman–Crippen MR) is 48.0 cm³/mol. The molecule has 0 saturated heterocycles. The molecule has 6 heteroatoms. The molecule has 1 heterocycles. The number of hydrogen-bond donors (Lipinski definition) is 4. The Morgan fingerprint density at radius 3 is 2.69 bits per heavy atom. The molecule has 0 atom stereocenters. The van der Waals surface area contributed by atoms with Crippen LogP contribution < -0.4 is 11.1 Å². The van der Waals surface area contributed by atoms with Crippen molar-refractivity contribution in [2.24, 2.45) is 0 Å². The van der Waals surface area contributed by atoms with Crippen molar-refractivity contribution in [3.63, 3.8) is 0 Å². The lowest BCUT2D eigenvalue weighted by atomic mass is 10.3. The van der Waals surface area contributed by atoms with E-state index in [0.29, 0.717) is 11.8 Å². The van der Waals surface area contributed by atoms with Crippen molar-refractivity contribution in [3.05, 3.63) is 12.3 Å². The van der Waals surface area contributed by atoms with E-state index < -0.39 is 6.04 Å². The predicted octanol–water partition coefficient (Wildman–Crippen LogP) is -1.18. The Morgan fingerprint density at radius 2 is 2.15 bits per heavy atom. The zero-order valence-electron chi connectivity index (χ0n) is 7.01. The van der Waals surface area contributed by atoms with Crippen LogP contribution in [-0.4, -0.2) is 39.4 Å². The van der Waals surface area contributed by atoms with Gasteiger partial charge in [-0.05, 0) is 6.07 Å². The highest BCUT2D eigenvalue weighted by Gasteiger charge is 2.06. The lowest BCUT2D eigenvalue weighted by Crippen LogP contribution is -2.28. The Morgan fingerprint density at radius 1 is 1.46 bits per heavy atom. The van der Waals surface area contributed by atoms with Crippen LogP contribution >= 0.6 is 0 Å². The Kier molecular flexibility index (Phi) is 3.41. The van der Waals surface area contributed by atoms with Gasteiger partial charge >= 0.3 is 0 Å². The first-order valence-corrected chi connectivity index (χ1v) is 3.83. The van der Waals surface area contributed by atoms with Gasteiger partial charge in [0.2, 0.25) is 5.95 Å². The minimum absolute atomic E-state index is 0.186. The summed E-state index contributed by atoms with van der Waals surface area (Å²) in [7, 11) is 0. The number of aliphatic hydroxyl groups excluding tert-OH is 2. The molecule has 0 radical (unpaired) electrons. The number of nitrogens with zero attached hydrogens (tertiary/aromatic N) is 2. The molecule has 72 valence electrons. The minimum atomic E-state index is -0.457. The monoisotopic (exact) mass is 184 g/mol. The summed E-state index contributed by atoms with van der Waals surface area (Å²) < 4.78 is 0. The summed E-state index contributed by atoms with van der Waals surface area (Å²) in [6, 6.07) is 1.10. The van der Waals surface area contributed by atoms with E-state index in [1.807, 2.05) is 0 Å². The van der Waals surface area contributed by atoms with Crippen LogP contribution in [0.2, 0.25) is 0 Å². The second-order valence-corrected chi connectivity index (χ2v) is 2.51. The molecule has 1 rings (SSSR count). The number of aromatic nitrogens is 2. The van der Waals surface area contributed by atoms with E-state index in [1.165, 1.54) is 6.20 Å². The number of rotatable bonds is 4. The van der Waals surface area contributed by atoms with Gasteiger partial charge in [0.15, 0.2) is 0 Å². The first-order valence-electron chi connectivity index (χ1n) is 3.83. The van der Waals surface area contributed by atoms with Crippen LogP contribution in [0.15, 0.2) is 12.3 Å². The molecule has 0 bridgehead atoms. The second-order valence-electron chi connectivity index (χ2n) is 2.51. The van der Waals surface area contributed by atoms with Crippen LogP contribution in [0.4, 0.5) is 11.8 Å². The Hall–Kier alpha value is -1.40. The van der Waals surface area contributed by atoms with Gasteiger partial charge < -0.3 is 21.3 Å². The van der Waals surface area contributed by atoms with Gasteiger partial charge in [-0.2, -0.15) is 4.98 Å². The molecule has 6 nitrogen and oxygen atoms in total. The molecule has 0 aliphatic rings. The largest absolute Gasteiger partial charge is 0.394 e. The summed E-state index contributed by atoms with van der Waals surface area (Å²) in [6.45, 7) is -0.372. The number of nitrogen functional groups attached to an aromatic ring is 1. The maximum atomic E-state index is 8.75. The maximum absolute atomic E-state index is 8.75. The molecule has 0 unspecified atom stereocenters. The Bertz CT molecular complexity index is 264. The molecule has 0 aliphatic carbocycles. The number of hydrogen-bond acceptors (Lipinski definition) is 6. The minimum Gasteiger partial charge on any atom is -0.394 e. The van der Waals surface area contributed by atoms with E-state index in [4.69, 9.17) is 15.9 Å². The molecular formula is C7H12N4O2. The highest BCUT2D eigenvalue weighted by atomic mass is 16.3. The molecule has 13 heavy (non-hydrogen) atoms. The molecule has 0 fully saturated rings. The summed E-state index contributed by atoms with van der Waals surface area (Å²) in [5, 5.41) is 20.2. The van der Waals surface area contributed by atoms with Gasteiger partial charge in [0.25, 0.3) is 0 Å². The summed E-state index contributed by atoms with van der Waals surface area (Å²) in [5.74, 6) is 0.639. The zero-order chi connectivity index (χ0) is 9.68. The Labute approximate surface area is 75.4 Å². The van der Waals surface area contributed by atoms with Crippen LogP contribution in [0.25, 0.3) is 0 Å². The van der Waals surface area contributed by atoms with Crippen molar-refractivity contribution in [3.8, 4) is 0 Å². The summed E-state index contributed by atoms with van der Waals surface area (Å²) in [5.41, 5.74) is 5.40. The summed E-state index contributed by atoms with van der Waals surface area (Å²) >= 11 is 0. The molecule has 5 N–H and O–H groups in total. The quantitative estimate of drug-likeness (QED) is 0.469. The van der Waals surface area contributed by atoms with Crippen LogP contribution in [0, 0.1) is 0 Å². The molecule has 1 aromatic heterocycles. The van der Waals surface area contributed by atoms with Crippen molar-refractivity contribution in [1.29, 1.82) is 0 Å². The maximum Gasteiger partial charge on any atom is 0.224 e. The highest BCUT2D eigenvalue weighted by Crippen LogP contribution is 2.02. The molecule has 0 aromatic carbocycles. The molecule has 1 aromatic rings. The zero-order valence-corrected chi connectivity index (χ0v) is 7.01.